The molecule has 2 rings (SSSR count). The molecule has 1 atom stereocenters. The summed E-state index contributed by atoms with van der Waals surface area (Å²) in [5, 5.41) is 2.86. The zero-order valence-electron chi connectivity index (χ0n) is 16.9. The molecule has 0 saturated carbocycles. The van der Waals surface area contributed by atoms with Crippen molar-refractivity contribution in [1.29, 1.82) is 0 Å². The van der Waals surface area contributed by atoms with Crippen molar-refractivity contribution in [3.63, 3.8) is 0 Å². The molecule has 29 heavy (non-hydrogen) atoms. The fourth-order valence-corrected chi connectivity index (χ4v) is 2.59. The van der Waals surface area contributed by atoms with E-state index in [0.29, 0.717) is 16.8 Å². The molecular formula is C21H25F2N3O3. The van der Waals surface area contributed by atoms with Crippen LogP contribution in [0.1, 0.15) is 54.0 Å². The van der Waals surface area contributed by atoms with Crippen LogP contribution >= 0.6 is 0 Å². The number of carbonyl (C=O) groups is 2. The molecule has 156 valence electrons. The van der Waals surface area contributed by atoms with Gasteiger partial charge in [-0.15, -0.1) is 0 Å². The van der Waals surface area contributed by atoms with Gasteiger partial charge in [0.05, 0.1) is 11.6 Å². The van der Waals surface area contributed by atoms with Crippen LogP contribution in [0.2, 0.25) is 0 Å². The Morgan fingerprint density at radius 2 is 1.90 bits per heavy atom. The van der Waals surface area contributed by atoms with E-state index in [1.165, 1.54) is 12.3 Å². The summed E-state index contributed by atoms with van der Waals surface area (Å²) in [6.07, 6.45) is 0.549. The van der Waals surface area contributed by atoms with Crippen LogP contribution in [0.5, 0.6) is 5.88 Å². The summed E-state index contributed by atoms with van der Waals surface area (Å²) in [5.74, 6) is -0.253. The monoisotopic (exact) mass is 405 g/mol. The van der Waals surface area contributed by atoms with E-state index in [0.717, 1.165) is 5.56 Å². The van der Waals surface area contributed by atoms with Gasteiger partial charge >= 0.3 is 0 Å². The molecular weight excluding hydrogens is 380 g/mol. The second-order valence-electron chi connectivity index (χ2n) is 7.12. The van der Waals surface area contributed by atoms with Crippen LogP contribution < -0.4 is 10.1 Å². The van der Waals surface area contributed by atoms with Crippen LogP contribution in [0, 0.1) is 12.8 Å². The van der Waals surface area contributed by atoms with Crippen LogP contribution in [-0.4, -0.2) is 34.7 Å². The van der Waals surface area contributed by atoms with Gasteiger partial charge in [0.2, 0.25) is 5.88 Å². The molecule has 0 bridgehead atoms. The lowest BCUT2D eigenvalue weighted by Gasteiger charge is -2.16. The van der Waals surface area contributed by atoms with Gasteiger partial charge in [-0.25, -0.2) is 13.8 Å². The first-order chi connectivity index (χ1) is 13.7. The number of amides is 1. The number of pyridine rings is 2. The van der Waals surface area contributed by atoms with Gasteiger partial charge in [0.1, 0.15) is 5.78 Å². The fraction of sp³-hybridized carbons (Fsp3) is 0.429. The lowest BCUT2D eigenvalue weighted by molar-refractivity contribution is -0.121. The number of halogens is 2. The normalized spacial score (nSPS) is 12.1. The molecule has 2 aromatic heterocycles. The van der Waals surface area contributed by atoms with Gasteiger partial charge in [-0.1, -0.05) is 13.8 Å². The zero-order chi connectivity index (χ0) is 21.6. The Labute approximate surface area is 168 Å². The van der Waals surface area contributed by atoms with E-state index in [4.69, 9.17) is 4.74 Å². The first-order valence-corrected chi connectivity index (χ1v) is 9.33. The fourth-order valence-electron chi connectivity index (χ4n) is 2.59. The summed E-state index contributed by atoms with van der Waals surface area (Å²) in [5.41, 5.74) is 2.26. The molecule has 6 nitrogen and oxygen atoms in total. The molecule has 1 amide bonds. The number of hydrogen-bond donors (Lipinski definition) is 1. The number of aryl methyl sites for hydroxylation is 1. The zero-order valence-corrected chi connectivity index (χ0v) is 16.9. The number of carbonyl (C=O) groups excluding carboxylic acids is 2. The topological polar surface area (TPSA) is 81.2 Å². The predicted octanol–water partition coefficient (Wildman–Crippen LogP) is 3.69. The van der Waals surface area contributed by atoms with Crippen LogP contribution in [0.3, 0.4) is 0 Å². The average molecular weight is 405 g/mol. The number of ketones is 1. The van der Waals surface area contributed by atoms with Crippen molar-refractivity contribution in [3.05, 3.63) is 53.0 Å². The summed E-state index contributed by atoms with van der Waals surface area (Å²) >= 11 is 0. The SMILES string of the molecule is Cc1cc(C(=O)NC(C)c2ccnc(CC(=O)C(C)C)c2)cnc1OCC(F)F. The smallest absolute Gasteiger partial charge is 0.272 e. The third-order valence-corrected chi connectivity index (χ3v) is 4.33. The van der Waals surface area contributed by atoms with Crippen molar-refractivity contribution in [1.82, 2.24) is 15.3 Å². The quantitative estimate of drug-likeness (QED) is 0.688. The van der Waals surface area contributed by atoms with Crippen molar-refractivity contribution in [2.24, 2.45) is 5.92 Å². The maximum atomic E-state index is 12.5. The van der Waals surface area contributed by atoms with Crippen molar-refractivity contribution in [3.8, 4) is 5.88 Å². The van der Waals surface area contributed by atoms with Crippen molar-refractivity contribution in [2.75, 3.05) is 6.61 Å². The number of nitrogens with one attached hydrogen (secondary N) is 1. The van der Waals surface area contributed by atoms with E-state index < -0.39 is 13.0 Å². The van der Waals surface area contributed by atoms with Gasteiger partial charge in [-0.3, -0.25) is 14.6 Å². The Balaban J connectivity index is 2.05. The number of Topliss-reactive ketones (excluding diaryl/α,β-unsaturated/α-hetero) is 1. The van der Waals surface area contributed by atoms with Crippen LogP contribution in [0.15, 0.2) is 30.6 Å². The minimum atomic E-state index is -2.60. The summed E-state index contributed by atoms with van der Waals surface area (Å²) in [4.78, 5) is 32.6. The van der Waals surface area contributed by atoms with Crippen molar-refractivity contribution < 1.29 is 23.1 Å². The number of nitrogens with zero attached hydrogens (tertiary/aromatic N) is 2. The summed E-state index contributed by atoms with van der Waals surface area (Å²) < 4.78 is 29.4. The molecule has 2 aromatic rings. The molecule has 2 heterocycles. The molecule has 0 aliphatic carbocycles. The lowest BCUT2D eigenvalue weighted by atomic mass is 10.0. The highest BCUT2D eigenvalue weighted by atomic mass is 19.3. The largest absolute Gasteiger partial charge is 0.471 e. The first-order valence-electron chi connectivity index (χ1n) is 9.33. The summed E-state index contributed by atoms with van der Waals surface area (Å²) in [7, 11) is 0. The molecule has 0 saturated heterocycles. The third-order valence-electron chi connectivity index (χ3n) is 4.33. The Morgan fingerprint density at radius 3 is 2.52 bits per heavy atom. The maximum Gasteiger partial charge on any atom is 0.272 e. The molecule has 1 N–H and O–H groups in total. The molecule has 0 fully saturated rings. The Morgan fingerprint density at radius 1 is 1.17 bits per heavy atom. The van der Waals surface area contributed by atoms with Crippen LogP contribution in [0.4, 0.5) is 8.78 Å². The second kappa shape index (κ2) is 10.0. The summed E-state index contributed by atoms with van der Waals surface area (Å²) in [6.45, 7) is 6.39. The number of rotatable bonds is 9. The minimum absolute atomic E-state index is 0.0685. The van der Waals surface area contributed by atoms with Gasteiger partial charge < -0.3 is 10.1 Å². The Bertz CT molecular complexity index is 872. The number of hydrogen-bond acceptors (Lipinski definition) is 5. The van der Waals surface area contributed by atoms with Gasteiger partial charge in [-0.2, -0.15) is 0 Å². The average Bonchev–Trinajstić information content (AvgIpc) is 2.66. The highest BCUT2D eigenvalue weighted by Gasteiger charge is 2.16. The van der Waals surface area contributed by atoms with E-state index in [9.17, 15) is 18.4 Å². The molecule has 0 radical (unpaired) electrons. The van der Waals surface area contributed by atoms with Crippen molar-refractivity contribution in [2.45, 2.75) is 46.6 Å². The summed E-state index contributed by atoms with van der Waals surface area (Å²) in [6, 6.07) is 4.79. The third kappa shape index (κ3) is 6.58. The molecule has 0 aliphatic rings. The molecule has 0 aromatic carbocycles. The van der Waals surface area contributed by atoms with Crippen LogP contribution in [0.25, 0.3) is 0 Å². The Hall–Kier alpha value is -2.90. The highest BCUT2D eigenvalue weighted by molar-refractivity contribution is 5.94. The number of aromatic nitrogens is 2. The minimum Gasteiger partial charge on any atom is -0.471 e. The van der Waals surface area contributed by atoms with Crippen LogP contribution in [-0.2, 0) is 11.2 Å². The Kier molecular flexibility index (Phi) is 7.75. The second-order valence-corrected chi connectivity index (χ2v) is 7.12. The number of alkyl halides is 2. The lowest BCUT2D eigenvalue weighted by Crippen LogP contribution is -2.27. The van der Waals surface area contributed by atoms with Gasteiger partial charge in [0.15, 0.2) is 6.61 Å². The van der Waals surface area contributed by atoms with Gasteiger partial charge in [0.25, 0.3) is 12.3 Å². The van der Waals surface area contributed by atoms with Gasteiger partial charge in [-0.05, 0) is 37.6 Å². The first kappa shape index (κ1) is 22.4. The van der Waals surface area contributed by atoms with E-state index in [2.05, 4.69) is 15.3 Å². The van der Waals surface area contributed by atoms with E-state index in [1.807, 2.05) is 20.8 Å². The standard InChI is InChI=1S/C21H25F2N3O3/c1-12(2)18(27)9-17-8-15(5-6-24-17)14(4)26-20(28)16-7-13(3)21(25-10-16)29-11-19(22)23/h5-8,10,12,14,19H,9,11H2,1-4H3,(H,26,28). The highest BCUT2D eigenvalue weighted by Crippen LogP contribution is 2.18. The predicted molar refractivity (Wildman–Crippen MR) is 104 cm³/mol. The van der Waals surface area contributed by atoms with Gasteiger partial charge in [0, 0.05) is 36.0 Å². The van der Waals surface area contributed by atoms with E-state index in [-0.39, 0.29) is 36.0 Å². The van der Waals surface area contributed by atoms with E-state index in [1.54, 1.807) is 25.3 Å². The van der Waals surface area contributed by atoms with Crippen molar-refractivity contribution >= 4 is 11.7 Å². The molecule has 0 aliphatic heterocycles. The molecule has 8 heteroatoms. The maximum absolute atomic E-state index is 12.5. The number of ether oxygens (including phenoxy) is 1. The molecule has 0 spiro atoms. The van der Waals surface area contributed by atoms with E-state index >= 15 is 0 Å². The molecule has 1 unspecified atom stereocenters.